The number of carbonyl (C=O) groups excluding carboxylic acids is 1. The Morgan fingerprint density at radius 3 is 3.22 bits per heavy atom. The number of aromatic nitrogens is 3. The van der Waals surface area contributed by atoms with Crippen LogP contribution in [-0.4, -0.2) is 26.8 Å². The molecule has 0 radical (unpaired) electrons. The highest BCUT2D eigenvalue weighted by molar-refractivity contribution is 7.99. The van der Waals surface area contributed by atoms with Crippen LogP contribution in [0.1, 0.15) is 28.4 Å². The van der Waals surface area contributed by atoms with Gasteiger partial charge in [0.1, 0.15) is 0 Å². The second kappa shape index (κ2) is 5.68. The highest BCUT2D eigenvalue weighted by Gasteiger charge is 2.19. The number of aromatic amines is 1. The van der Waals surface area contributed by atoms with E-state index in [9.17, 15) is 4.79 Å². The van der Waals surface area contributed by atoms with Crippen molar-refractivity contribution >= 4 is 34.4 Å². The van der Waals surface area contributed by atoms with Gasteiger partial charge in [0.2, 0.25) is 0 Å². The monoisotopic (exact) mass is 325 g/mol. The first kappa shape index (κ1) is 14.2. The van der Waals surface area contributed by atoms with Gasteiger partial charge in [0.15, 0.2) is 5.65 Å². The first-order chi connectivity index (χ1) is 11.2. The van der Waals surface area contributed by atoms with Gasteiger partial charge in [0.25, 0.3) is 5.91 Å². The van der Waals surface area contributed by atoms with Crippen LogP contribution in [0.25, 0.3) is 11.0 Å². The van der Waals surface area contributed by atoms with E-state index < -0.39 is 0 Å². The summed E-state index contributed by atoms with van der Waals surface area (Å²) in [5, 5.41) is 10.5. The lowest BCUT2D eigenvalue weighted by Crippen LogP contribution is -2.17. The lowest BCUT2D eigenvalue weighted by molar-refractivity contribution is 0.102. The molecule has 3 aromatic rings. The highest BCUT2D eigenvalue weighted by atomic mass is 32.2. The molecule has 1 amide bonds. The maximum atomic E-state index is 12.5. The Kier molecular flexibility index (Phi) is 3.51. The van der Waals surface area contributed by atoms with E-state index in [1.54, 1.807) is 30.2 Å². The molecule has 0 bridgehead atoms. The van der Waals surface area contributed by atoms with Crippen LogP contribution in [0.4, 0.5) is 5.69 Å². The van der Waals surface area contributed by atoms with Gasteiger partial charge in [-0.3, -0.25) is 9.89 Å². The van der Waals surface area contributed by atoms with Crippen LogP contribution >= 0.6 is 11.8 Å². The van der Waals surface area contributed by atoms with Crippen molar-refractivity contribution in [2.45, 2.75) is 17.4 Å². The second-order valence-corrected chi connectivity index (χ2v) is 6.58. The molecule has 23 heavy (non-hydrogen) atoms. The van der Waals surface area contributed by atoms with Gasteiger partial charge in [0.05, 0.1) is 17.3 Å². The number of rotatable bonds is 2. The first-order valence-corrected chi connectivity index (χ1v) is 8.33. The van der Waals surface area contributed by atoms with E-state index in [1.807, 2.05) is 18.2 Å². The standard InChI is InChI=1S/C16H15N5OS/c17-12-4-6-23-14-7-9(1-2-10(12)14)16(22)20-13-3-5-18-15-11(13)8-19-21-15/h1-3,5,7-8,12H,4,6,17H2,(H2,18,19,20,21,22)/t12-/m0/s1. The number of anilines is 1. The summed E-state index contributed by atoms with van der Waals surface area (Å²) in [6.45, 7) is 0. The molecule has 0 saturated heterocycles. The fraction of sp³-hybridized carbons (Fsp3) is 0.188. The minimum absolute atomic E-state index is 0.0640. The van der Waals surface area contributed by atoms with Crippen molar-refractivity contribution in [1.29, 1.82) is 0 Å². The van der Waals surface area contributed by atoms with Gasteiger partial charge in [0, 0.05) is 22.7 Å². The number of amides is 1. The number of hydrogen-bond acceptors (Lipinski definition) is 5. The molecular weight excluding hydrogens is 310 g/mol. The van der Waals surface area contributed by atoms with Gasteiger partial charge in [-0.2, -0.15) is 5.10 Å². The molecule has 1 aromatic carbocycles. The third kappa shape index (κ3) is 2.58. The zero-order chi connectivity index (χ0) is 15.8. The van der Waals surface area contributed by atoms with Crippen molar-refractivity contribution in [3.8, 4) is 0 Å². The summed E-state index contributed by atoms with van der Waals surface area (Å²) in [7, 11) is 0. The zero-order valence-electron chi connectivity index (χ0n) is 12.2. The Balaban J connectivity index is 1.63. The fourth-order valence-corrected chi connectivity index (χ4v) is 3.90. The predicted octanol–water partition coefficient (Wildman–Crippen LogP) is 2.71. The third-order valence-electron chi connectivity index (χ3n) is 3.96. The molecule has 1 atom stereocenters. The number of nitrogens with zero attached hydrogens (tertiary/aromatic N) is 2. The van der Waals surface area contributed by atoms with Crippen molar-refractivity contribution in [2.24, 2.45) is 5.73 Å². The van der Waals surface area contributed by atoms with Crippen LogP contribution in [-0.2, 0) is 0 Å². The summed E-state index contributed by atoms with van der Waals surface area (Å²) in [4.78, 5) is 17.8. The summed E-state index contributed by atoms with van der Waals surface area (Å²) in [5.74, 6) is 0.834. The van der Waals surface area contributed by atoms with Crippen LogP contribution in [0.2, 0.25) is 0 Å². The Hall–Kier alpha value is -2.38. The minimum atomic E-state index is -0.152. The van der Waals surface area contributed by atoms with Crippen LogP contribution in [0, 0.1) is 0 Å². The van der Waals surface area contributed by atoms with Gasteiger partial charge in [-0.25, -0.2) is 4.98 Å². The molecule has 0 saturated carbocycles. The number of carbonyl (C=O) groups is 1. The molecule has 4 rings (SSSR count). The topological polar surface area (TPSA) is 96.7 Å². The molecule has 7 heteroatoms. The van der Waals surface area contributed by atoms with Crippen LogP contribution in [0.5, 0.6) is 0 Å². The molecule has 0 aliphatic carbocycles. The Bertz CT molecular complexity index is 891. The average Bonchev–Trinajstić information content (AvgIpc) is 3.04. The Morgan fingerprint density at radius 2 is 2.30 bits per heavy atom. The summed E-state index contributed by atoms with van der Waals surface area (Å²) >= 11 is 1.75. The van der Waals surface area contributed by atoms with E-state index in [1.165, 1.54) is 0 Å². The molecule has 4 N–H and O–H groups in total. The van der Waals surface area contributed by atoms with Crippen LogP contribution < -0.4 is 11.1 Å². The zero-order valence-corrected chi connectivity index (χ0v) is 13.1. The lowest BCUT2D eigenvalue weighted by Gasteiger charge is -2.22. The molecule has 1 aliphatic heterocycles. The highest BCUT2D eigenvalue weighted by Crippen LogP contribution is 2.35. The normalized spacial score (nSPS) is 17.0. The van der Waals surface area contributed by atoms with E-state index in [4.69, 9.17) is 5.73 Å². The maximum absolute atomic E-state index is 12.5. The van der Waals surface area contributed by atoms with Crippen molar-refractivity contribution in [2.75, 3.05) is 11.1 Å². The van der Waals surface area contributed by atoms with Crippen molar-refractivity contribution in [3.05, 3.63) is 47.8 Å². The SMILES string of the molecule is N[C@H]1CCSc2cc(C(=O)Nc3ccnc4[nH]ncc34)ccc21. The number of hydrogen-bond donors (Lipinski definition) is 3. The minimum Gasteiger partial charge on any atom is -0.324 e. The van der Waals surface area contributed by atoms with Crippen LogP contribution in [0.15, 0.2) is 41.6 Å². The molecule has 6 nitrogen and oxygen atoms in total. The molecule has 3 heterocycles. The van der Waals surface area contributed by atoms with Crippen molar-refractivity contribution < 1.29 is 4.79 Å². The first-order valence-electron chi connectivity index (χ1n) is 7.34. The summed E-state index contributed by atoms with van der Waals surface area (Å²) in [6.07, 6.45) is 4.26. The number of thioether (sulfide) groups is 1. The van der Waals surface area contributed by atoms with Crippen LogP contribution in [0.3, 0.4) is 0 Å². The van der Waals surface area contributed by atoms with Gasteiger partial charge >= 0.3 is 0 Å². The number of fused-ring (bicyclic) bond motifs is 2. The van der Waals surface area contributed by atoms with Gasteiger partial charge < -0.3 is 11.1 Å². The van der Waals surface area contributed by atoms with Gasteiger partial charge in [-0.1, -0.05) is 6.07 Å². The Morgan fingerprint density at radius 1 is 1.39 bits per heavy atom. The lowest BCUT2D eigenvalue weighted by atomic mass is 10.0. The number of nitrogens with one attached hydrogen (secondary N) is 2. The number of H-pyrrole nitrogens is 1. The molecule has 0 unspecified atom stereocenters. The van der Waals surface area contributed by atoms with Gasteiger partial charge in [-0.15, -0.1) is 11.8 Å². The Labute approximate surface area is 136 Å². The third-order valence-corrected chi connectivity index (χ3v) is 5.07. The number of pyridine rings is 1. The van der Waals surface area contributed by atoms with E-state index in [2.05, 4.69) is 20.5 Å². The number of nitrogens with two attached hydrogens (primary N) is 1. The van der Waals surface area contributed by atoms with E-state index in [-0.39, 0.29) is 11.9 Å². The second-order valence-electron chi connectivity index (χ2n) is 5.44. The smallest absolute Gasteiger partial charge is 0.255 e. The van der Waals surface area contributed by atoms with E-state index in [0.717, 1.165) is 28.0 Å². The summed E-state index contributed by atoms with van der Waals surface area (Å²) < 4.78 is 0. The summed E-state index contributed by atoms with van der Waals surface area (Å²) in [5.41, 5.74) is 9.20. The average molecular weight is 325 g/mol. The number of benzene rings is 1. The molecular formula is C16H15N5OS. The predicted molar refractivity (Wildman–Crippen MR) is 90.6 cm³/mol. The molecule has 0 fully saturated rings. The molecule has 116 valence electrons. The van der Waals surface area contributed by atoms with Gasteiger partial charge in [-0.05, 0) is 35.9 Å². The van der Waals surface area contributed by atoms with Crippen molar-refractivity contribution in [3.63, 3.8) is 0 Å². The van der Waals surface area contributed by atoms with Crippen molar-refractivity contribution in [1.82, 2.24) is 15.2 Å². The summed E-state index contributed by atoms with van der Waals surface area (Å²) in [6, 6.07) is 7.53. The quantitative estimate of drug-likeness (QED) is 0.673. The largest absolute Gasteiger partial charge is 0.324 e. The molecule has 2 aromatic heterocycles. The molecule has 1 aliphatic rings. The maximum Gasteiger partial charge on any atom is 0.255 e. The fourth-order valence-electron chi connectivity index (χ4n) is 2.71. The molecule has 0 spiro atoms. The van der Waals surface area contributed by atoms with E-state index in [0.29, 0.717) is 16.9 Å². The van der Waals surface area contributed by atoms with E-state index >= 15 is 0 Å².